The third kappa shape index (κ3) is 2.43. The van der Waals surface area contributed by atoms with Crippen molar-refractivity contribution in [3.63, 3.8) is 0 Å². The van der Waals surface area contributed by atoms with E-state index in [1.165, 1.54) is 6.07 Å². The molecule has 2 aromatic carbocycles. The van der Waals surface area contributed by atoms with Gasteiger partial charge < -0.3 is 5.32 Å². The molecule has 0 radical (unpaired) electrons. The van der Waals surface area contributed by atoms with Crippen molar-refractivity contribution >= 4 is 0 Å². The summed E-state index contributed by atoms with van der Waals surface area (Å²) in [5.74, 6) is 0. The van der Waals surface area contributed by atoms with Gasteiger partial charge in [-0.15, -0.1) is 0 Å². The Bertz CT molecular complexity index is 618. The molecule has 20 heavy (non-hydrogen) atoms. The summed E-state index contributed by atoms with van der Waals surface area (Å²) < 4.78 is 39.6. The molecule has 3 rings (SSSR count). The largest absolute Gasteiger partial charge is 0.416 e. The molecular formula is C16H14F3N. The van der Waals surface area contributed by atoms with Gasteiger partial charge in [0.05, 0.1) is 5.56 Å². The molecule has 1 aliphatic heterocycles. The Balaban J connectivity index is 2.09. The molecule has 0 saturated heterocycles. The van der Waals surface area contributed by atoms with E-state index in [-0.39, 0.29) is 0 Å². The maximum atomic E-state index is 13.2. The Morgan fingerprint density at radius 1 is 0.950 bits per heavy atom. The lowest BCUT2D eigenvalue weighted by atomic mass is 9.92. The fourth-order valence-electron chi connectivity index (χ4n) is 2.72. The summed E-state index contributed by atoms with van der Waals surface area (Å²) in [6.07, 6.45) is -3.98. The van der Waals surface area contributed by atoms with Crippen molar-refractivity contribution in [1.29, 1.82) is 0 Å². The molecule has 104 valence electrons. The molecule has 1 nitrogen and oxygen atoms in total. The third-order valence-corrected chi connectivity index (χ3v) is 3.67. The normalized spacial score (nSPS) is 14.3. The van der Waals surface area contributed by atoms with E-state index in [2.05, 4.69) is 5.32 Å². The van der Waals surface area contributed by atoms with Crippen LogP contribution in [-0.4, -0.2) is 0 Å². The summed E-state index contributed by atoms with van der Waals surface area (Å²) in [6, 6.07) is 12.1. The second-order valence-corrected chi connectivity index (χ2v) is 4.99. The van der Waals surface area contributed by atoms with E-state index in [0.717, 1.165) is 16.7 Å². The monoisotopic (exact) mass is 277 g/mol. The first kappa shape index (κ1) is 13.2. The SMILES string of the molecule is FC(F)(F)c1ccc2c(c1Cc1ccccc1)CNC2. The van der Waals surface area contributed by atoms with Crippen LogP contribution in [0, 0.1) is 0 Å². The van der Waals surface area contributed by atoms with Gasteiger partial charge in [-0.2, -0.15) is 13.2 Å². The highest BCUT2D eigenvalue weighted by Gasteiger charge is 2.35. The maximum Gasteiger partial charge on any atom is 0.416 e. The lowest BCUT2D eigenvalue weighted by Gasteiger charge is -2.16. The van der Waals surface area contributed by atoms with Gasteiger partial charge in [-0.05, 0) is 34.7 Å². The van der Waals surface area contributed by atoms with Crippen LogP contribution in [0.1, 0.15) is 27.8 Å². The van der Waals surface area contributed by atoms with Crippen molar-refractivity contribution in [2.45, 2.75) is 25.7 Å². The number of rotatable bonds is 2. The zero-order valence-corrected chi connectivity index (χ0v) is 10.8. The van der Waals surface area contributed by atoms with E-state index in [4.69, 9.17) is 0 Å². The van der Waals surface area contributed by atoms with E-state index >= 15 is 0 Å². The molecule has 4 heteroatoms. The number of nitrogens with one attached hydrogen (secondary N) is 1. The molecule has 0 saturated carbocycles. The van der Waals surface area contributed by atoms with Gasteiger partial charge in [0.15, 0.2) is 0 Å². The summed E-state index contributed by atoms with van der Waals surface area (Å²) in [5.41, 5.74) is 2.58. The molecule has 0 spiro atoms. The van der Waals surface area contributed by atoms with Crippen LogP contribution in [0.5, 0.6) is 0 Å². The number of hydrogen-bond acceptors (Lipinski definition) is 1. The summed E-state index contributed by atoms with van der Waals surface area (Å²) in [5, 5.41) is 3.13. The van der Waals surface area contributed by atoms with E-state index in [1.54, 1.807) is 6.07 Å². The fourth-order valence-corrected chi connectivity index (χ4v) is 2.72. The van der Waals surface area contributed by atoms with Crippen LogP contribution in [0.4, 0.5) is 13.2 Å². The van der Waals surface area contributed by atoms with Crippen molar-refractivity contribution < 1.29 is 13.2 Å². The van der Waals surface area contributed by atoms with Gasteiger partial charge in [0.25, 0.3) is 0 Å². The zero-order chi connectivity index (χ0) is 14.2. The average Bonchev–Trinajstić information content (AvgIpc) is 2.87. The number of alkyl halides is 3. The molecule has 1 heterocycles. The lowest BCUT2D eigenvalue weighted by Crippen LogP contribution is -2.12. The summed E-state index contributed by atoms with van der Waals surface area (Å²) in [4.78, 5) is 0. The van der Waals surface area contributed by atoms with Crippen molar-refractivity contribution in [3.05, 3.63) is 70.3 Å². The molecule has 1 N–H and O–H groups in total. The average molecular weight is 277 g/mol. The Kier molecular flexibility index (Phi) is 3.26. The highest BCUT2D eigenvalue weighted by Crippen LogP contribution is 2.36. The molecule has 1 aliphatic rings. The van der Waals surface area contributed by atoms with Gasteiger partial charge >= 0.3 is 6.18 Å². The minimum atomic E-state index is -4.30. The van der Waals surface area contributed by atoms with Gasteiger partial charge in [0.2, 0.25) is 0 Å². The molecular weight excluding hydrogens is 263 g/mol. The lowest BCUT2D eigenvalue weighted by molar-refractivity contribution is -0.138. The van der Waals surface area contributed by atoms with E-state index in [0.29, 0.717) is 25.1 Å². The van der Waals surface area contributed by atoms with Crippen LogP contribution in [0.2, 0.25) is 0 Å². The maximum absolute atomic E-state index is 13.2. The van der Waals surface area contributed by atoms with Crippen molar-refractivity contribution in [2.75, 3.05) is 0 Å². The number of hydrogen-bond donors (Lipinski definition) is 1. The summed E-state index contributed by atoms with van der Waals surface area (Å²) >= 11 is 0. The van der Waals surface area contributed by atoms with E-state index in [1.807, 2.05) is 30.3 Å². The van der Waals surface area contributed by atoms with Crippen molar-refractivity contribution in [3.8, 4) is 0 Å². The number of halogens is 3. The third-order valence-electron chi connectivity index (χ3n) is 3.67. The van der Waals surface area contributed by atoms with Crippen LogP contribution < -0.4 is 5.32 Å². The summed E-state index contributed by atoms with van der Waals surface area (Å²) in [7, 11) is 0. The van der Waals surface area contributed by atoms with Gasteiger partial charge in [-0.25, -0.2) is 0 Å². The highest BCUT2D eigenvalue weighted by atomic mass is 19.4. The smallest absolute Gasteiger partial charge is 0.309 e. The number of benzene rings is 2. The van der Waals surface area contributed by atoms with Gasteiger partial charge in [-0.1, -0.05) is 36.4 Å². The van der Waals surface area contributed by atoms with Crippen LogP contribution in [-0.2, 0) is 25.7 Å². The minimum Gasteiger partial charge on any atom is -0.309 e. The Labute approximate surface area is 115 Å². The molecule has 0 aliphatic carbocycles. The van der Waals surface area contributed by atoms with Crippen LogP contribution in [0.25, 0.3) is 0 Å². The van der Waals surface area contributed by atoms with E-state index in [9.17, 15) is 13.2 Å². The Morgan fingerprint density at radius 2 is 1.70 bits per heavy atom. The number of fused-ring (bicyclic) bond motifs is 1. The zero-order valence-electron chi connectivity index (χ0n) is 10.8. The van der Waals surface area contributed by atoms with Gasteiger partial charge in [0, 0.05) is 13.1 Å². The van der Waals surface area contributed by atoms with E-state index < -0.39 is 11.7 Å². The first-order chi connectivity index (χ1) is 9.55. The molecule has 0 fully saturated rings. The van der Waals surface area contributed by atoms with Gasteiger partial charge in [-0.3, -0.25) is 0 Å². The van der Waals surface area contributed by atoms with Crippen molar-refractivity contribution in [1.82, 2.24) is 5.32 Å². The molecule has 2 aromatic rings. The first-order valence-electron chi connectivity index (χ1n) is 6.51. The Morgan fingerprint density at radius 3 is 2.40 bits per heavy atom. The first-order valence-corrected chi connectivity index (χ1v) is 6.51. The summed E-state index contributed by atoms with van der Waals surface area (Å²) in [6.45, 7) is 1.16. The predicted molar refractivity (Wildman–Crippen MR) is 71.2 cm³/mol. The second-order valence-electron chi connectivity index (χ2n) is 4.99. The van der Waals surface area contributed by atoms with Crippen LogP contribution >= 0.6 is 0 Å². The van der Waals surface area contributed by atoms with Gasteiger partial charge in [0.1, 0.15) is 0 Å². The standard InChI is InChI=1S/C16H14F3N/c17-16(18,19)15-7-6-12-9-20-10-14(12)13(15)8-11-4-2-1-3-5-11/h1-7,20H,8-10H2. The molecule has 0 bridgehead atoms. The quantitative estimate of drug-likeness (QED) is 0.878. The highest BCUT2D eigenvalue weighted by molar-refractivity contribution is 5.46. The molecule has 0 atom stereocenters. The molecule has 0 aromatic heterocycles. The van der Waals surface area contributed by atoms with Crippen LogP contribution in [0.3, 0.4) is 0 Å². The topological polar surface area (TPSA) is 12.0 Å². The van der Waals surface area contributed by atoms with Crippen LogP contribution in [0.15, 0.2) is 42.5 Å². The second kappa shape index (κ2) is 4.94. The fraction of sp³-hybridized carbons (Fsp3) is 0.250. The minimum absolute atomic E-state index is 0.320. The molecule has 0 unspecified atom stereocenters. The predicted octanol–water partition coefficient (Wildman–Crippen LogP) is 3.90. The van der Waals surface area contributed by atoms with Crippen molar-refractivity contribution in [2.24, 2.45) is 0 Å². The Hall–Kier alpha value is -1.81. The molecule has 0 amide bonds.